The molecule has 0 spiro atoms. The number of nitrogens with zero attached hydrogens (tertiary/aromatic N) is 1. The van der Waals surface area contributed by atoms with Crippen LogP contribution in [0.3, 0.4) is 0 Å². The maximum absolute atomic E-state index is 12.8. The van der Waals surface area contributed by atoms with Gasteiger partial charge in [-0.25, -0.2) is 0 Å². The van der Waals surface area contributed by atoms with Gasteiger partial charge >= 0.3 is 6.18 Å². The number of allylic oxidation sites excluding steroid dienone is 1. The third-order valence-corrected chi connectivity index (χ3v) is 2.64. The molecule has 16 heavy (non-hydrogen) atoms. The summed E-state index contributed by atoms with van der Waals surface area (Å²) in [4.78, 5) is 1.30. The summed E-state index contributed by atoms with van der Waals surface area (Å²) in [5.74, 6) is 0. The first-order valence-corrected chi connectivity index (χ1v) is 5.16. The molecule has 0 radical (unpaired) electrons. The van der Waals surface area contributed by atoms with Crippen molar-refractivity contribution in [2.75, 3.05) is 4.90 Å². The van der Waals surface area contributed by atoms with Crippen molar-refractivity contribution in [2.24, 2.45) is 0 Å². The molecular formula is C12H12F3N. The van der Waals surface area contributed by atoms with E-state index in [2.05, 4.69) is 0 Å². The second-order valence-electron chi connectivity index (χ2n) is 3.76. The van der Waals surface area contributed by atoms with Crippen LogP contribution in [0.25, 0.3) is 0 Å². The van der Waals surface area contributed by atoms with Crippen molar-refractivity contribution < 1.29 is 13.2 Å². The van der Waals surface area contributed by atoms with Crippen LogP contribution in [0.2, 0.25) is 0 Å². The monoisotopic (exact) mass is 227 g/mol. The molecule has 0 N–H and O–H groups in total. The summed E-state index contributed by atoms with van der Waals surface area (Å²) >= 11 is 0. The van der Waals surface area contributed by atoms with Crippen molar-refractivity contribution in [1.82, 2.24) is 0 Å². The van der Waals surface area contributed by atoms with Crippen LogP contribution >= 0.6 is 0 Å². The number of hydrogen-bond donors (Lipinski definition) is 0. The molecule has 1 heterocycles. The molecule has 4 heteroatoms. The molecular weight excluding hydrogens is 215 g/mol. The molecule has 0 amide bonds. The average Bonchev–Trinajstić information content (AvgIpc) is 2.29. The van der Waals surface area contributed by atoms with Gasteiger partial charge in [-0.3, -0.25) is 0 Å². The van der Waals surface area contributed by atoms with E-state index in [9.17, 15) is 13.2 Å². The lowest BCUT2D eigenvalue weighted by Gasteiger charge is -2.34. The van der Waals surface area contributed by atoms with Gasteiger partial charge in [-0.2, -0.15) is 13.2 Å². The molecule has 1 aromatic carbocycles. The zero-order valence-electron chi connectivity index (χ0n) is 8.61. The average molecular weight is 227 g/mol. The molecule has 2 rings (SSSR count). The highest BCUT2D eigenvalue weighted by molar-refractivity contribution is 5.51. The fraction of sp³-hybridized carbons (Fsp3) is 0.333. The minimum absolute atomic E-state index is 0.120. The predicted molar refractivity (Wildman–Crippen MR) is 57.1 cm³/mol. The van der Waals surface area contributed by atoms with E-state index < -0.39 is 12.2 Å². The molecule has 0 aliphatic carbocycles. The third-order valence-electron chi connectivity index (χ3n) is 2.64. The van der Waals surface area contributed by atoms with Crippen LogP contribution in [-0.2, 0) is 0 Å². The first kappa shape index (κ1) is 11.0. The van der Waals surface area contributed by atoms with Crippen LogP contribution in [0.15, 0.2) is 42.6 Å². The van der Waals surface area contributed by atoms with Gasteiger partial charge in [0.1, 0.15) is 6.04 Å². The van der Waals surface area contributed by atoms with E-state index in [0.29, 0.717) is 12.1 Å². The lowest BCUT2D eigenvalue weighted by Crippen LogP contribution is -2.44. The third kappa shape index (κ3) is 2.21. The number of para-hydroxylation sites is 1. The second-order valence-corrected chi connectivity index (χ2v) is 3.76. The van der Waals surface area contributed by atoms with Gasteiger partial charge in [0, 0.05) is 11.9 Å². The molecule has 1 aliphatic heterocycles. The Kier molecular flexibility index (Phi) is 2.90. The highest BCUT2D eigenvalue weighted by atomic mass is 19.4. The molecule has 0 saturated heterocycles. The number of halogens is 3. The van der Waals surface area contributed by atoms with Gasteiger partial charge in [0.05, 0.1) is 0 Å². The molecule has 0 fully saturated rings. The molecule has 1 atom stereocenters. The normalized spacial score (nSPS) is 21.2. The smallest absolute Gasteiger partial charge is 0.336 e. The van der Waals surface area contributed by atoms with E-state index >= 15 is 0 Å². The summed E-state index contributed by atoms with van der Waals surface area (Å²) in [6.45, 7) is 0. The minimum Gasteiger partial charge on any atom is -0.336 e. The minimum atomic E-state index is -4.18. The summed E-state index contributed by atoms with van der Waals surface area (Å²) < 4.78 is 38.4. The quantitative estimate of drug-likeness (QED) is 0.706. The number of rotatable bonds is 1. The maximum atomic E-state index is 12.8. The Hall–Kier alpha value is -1.45. The lowest BCUT2D eigenvalue weighted by molar-refractivity contribution is -0.149. The van der Waals surface area contributed by atoms with Gasteiger partial charge in [-0.1, -0.05) is 24.3 Å². The second kappa shape index (κ2) is 4.20. The van der Waals surface area contributed by atoms with Crippen molar-refractivity contribution in [3.8, 4) is 0 Å². The topological polar surface area (TPSA) is 3.24 Å². The Morgan fingerprint density at radius 2 is 1.81 bits per heavy atom. The Morgan fingerprint density at radius 1 is 1.12 bits per heavy atom. The Labute approximate surface area is 92.2 Å². The van der Waals surface area contributed by atoms with Crippen LogP contribution in [0.4, 0.5) is 18.9 Å². The lowest BCUT2D eigenvalue weighted by atomic mass is 10.1. The molecule has 1 aromatic rings. The van der Waals surface area contributed by atoms with E-state index in [-0.39, 0.29) is 6.42 Å². The van der Waals surface area contributed by atoms with Gasteiger partial charge in [0.15, 0.2) is 0 Å². The van der Waals surface area contributed by atoms with Crippen LogP contribution in [-0.4, -0.2) is 12.2 Å². The molecule has 1 aliphatic rings. The molecule has 1 unspecified atom stereocenters. The molecule has 0 aromatic heterocycles. The number of alkyl halides is 3. The first-order chi connectivity index (χ1) is 7.59. The highest BCUT2D eigenvalue weighted by Crippen LogP contribution is 2.34. The number of benzene rings is 1. The zero-order chi connectivity index (χ0) is 11.6. The van der Waals surface area contributed by atoms with E-state index in [1.165, 1.54) is 11.1 Å². The van der Waals surface area contributed by atoms with E-state index in [1.807, 2.05) is 0 Å². The van der Waals surface area contributed by atoms with Gasteiger partial charge in [-0.05, 0) is 25.0 Å². The molecule has 0 bridgehead atoms. The number of hydrogen-bond acceptors (Lipinski definition) is 1. The van der Waals surface area contributed by atoms with Crippen molar-refractivity contribution in [3.63, 3.8) is 0 Å². The summed E-state index contributed by atoms with van der Waals surface area (Å²) in [7, 11) is 0. The fourth-order valence-corrected chi connectivity index (χ4v) is 1.87. The Morgan fingerprint density at radius 3 is 2.44 bits per heavy atom. The van der Waals surface area contributed by atoms with Gasteiger partial charge in [0.25, 0.3) is 0 Å². The Balaban J connectivity index is 2.30. The maximum Gasteiger partial charge on any atom is 0.409 e. The highest BCUT2D eigenvalue weighted by Gasteiger charge is 2.43. The van der Waals surface area contributed by atoms with Gasteiger partial charge < -0.3 is 4.90 Å². The van der Waals surface area contributed by atoms with Gasteiger partial charge in [-0.15, -0.1) is 0 Å². The van der Waals surface area contributed by atoms with Crippen molar-refractivity contribution in [3.05, 3.63) is 42.6 Å². The SMILES string of the molecule is FC(F)(F)C1CCC=CN1c1ccccc1. The fourth-order valence-electron chi connectivity index (χ4n) is 1.87. The van der Waals surface area contributed by atoms with E-state index in [1.54, 1.807) is 36.4 Å². The van der Waals surface area contributed by atoms with E-state index in [0.717, 1.165) is 0 Å². The predicted octanol–water partition coefficient (Wildman–Crippen LogP) is 3.73. The van der Waals surface area contributed by atoms with Crippen molar-refractivity contribution in [1.29, 1.82) is 0 Å². The van der Waals surface area contributed by atoms with Crippen LogP contribution in [0.5, 0.6) is 0 Å². The summed E-state index contributed by atoms with van der Waals surface area (Å²) in [5.41, 5.74) is 0.584. The van der Waals surface area contributed by atoms with Crippen LogP contribution in [0, 0.1) is 0 Å². The molecule has 1 nitrogen and oxygen atoms in total. The molecule has 0 saturated carbocycles. The first-order valence-electron chi connectivity index (χ1n) is 5.16. The Bertz CT molecular complexity index is 370. The van der Waals surface area contributed by atoms with Crippen molar-refractivity contribution in [2.45, 2.75) is 25.1 Å². The molecule has 86 valence electrons. The van der Waals surface area contributed by atoms with E-state index in [4.69, 9.17) is 0 Å². The van der Waals surface area contributed by atoms with Gasteiger partial charge in [0.2, 0.25) is 0 Å². The standard InChI is InChI=1S/C12H12F3N/c13-12(14,15)11-8-4-5-9-16(11)10-6-2-1-3-7-10/h1-3,5-7,9,11H,4,8H2. The largest absolute Gasteiger partial charge is 0.409 e. The zero-order valence-corrected chi connectivity index (χ0v) is 8.61. The summed E-state index contributed by atoms with van der Waals surface area (Å²) in [6, 6.07) is 7.25. The summed E-state index contributed by atoms with van der Waals surface area (Å²) in [5, 5.41) is 0. The number of anilines is 1. The summed E-state index contributed by atoms with van der Waals surface area (Å²) in [6.07, 6.45) is -0.283. The van der Waals surface area contributed by atoms with Crippen molar-refractivity contribution >= 4 is 5.69 Å². The van der Waals surface area contributed by atoms with Crippen LogP contribution in [0.1, 0.15) is 12.8 Å². The van der Waals surface area contributed by atoms with Crippen LogP contribution < -0.4 is 4.90 Å².